The molecule has 114 valence electrons. The van der Waals surface area contributed by atoms with E-state index >= 15 is 0 Å². The van der Waals surface area contributed by atoms with Crippen LogP contribution >= 0.6 is 0 Å². The molecular formula is C18H20N2O2. The number of hydrogen-bond donors (Lipinski definition) is 0. The lowest BCUT2D eigenvalue weighted by atomic mass is 9.90. The smallest absolute Gasteiger partial charge is 0.161 e. The first-order valence-corrected chi connectivity index (χ1v) is 7.59. The first-order chi connectivity index (χ1) is 10.8. The van der Waals surface area contributed by atoms with E-state index in [-0.39, 0.29) is 5.57 Å². The maximum atomic E-state index is 8.80. The minimum atomic E-state index is 0.0675. The Balaban J connectivity index is 2.07. The molecule has 0 saturated heterocycles. The molecule has 0 spiro atoms. The number of nitriles is 2. The van der Waals surface area contributed by atoms with E-state index in [1.54, 1.807) is 13.2 Å². The van der Waals surface area contributed by atoms with Crippen LogP contribution in [0.5, 0.6) is 11.5 Å². The number of allylic oxidation sites excluding steroid dienone is 1. The summed E-state index contributed by atoms with van der Waals surface area (Å²) in [5.74, 6) is 1.96. The molecule has 0 unspecified atom stereocenters. The highest BCUT2D eigenvalue weighted by Crippen LogP contribution is 2.31. The van der Waals surface area contributed by atoms with Crippen LogP contribution in [0.25, 0.3) is 6.08 Å². The summed E-state index contributed by atoms with van der Waals surface area (Å²) in [6, 6.07) is 9.14. The Morgan fingerprint density at radius 1 is 1.18 bits per heavy atom. The van der Waals surface area contributed by atoms with Crippen LogP contribution in [0, 0.1) is 28.6 Å². The largest absolute Gasteiger partial charge is 0.493 e. The highest BCUT2D eigenvalue weighted by molar-refractivity contribution is 5.64. The summed E-state index contributed by atoms with van der Waals surface area (Å²) in [7, 11) is 1.59. The summed E-state index contributed by atoms with van der Waals surface area (Å²) >= 11 is 0. The molecule has 0 atom stereocenters. The van der Waals surface area contributed by atoms with Crippen molar-refractivity contribution in [1.82, 2.24) is 0 Å². The Hall–Kier alpha value is -2.46. The molecule has 1 aromatic rings. The van der Waals surface area contributed by atoms with Gasteiger partial charge in [0.05, 0.1) is 13.7 Å². The zero-order chi connectivity index (χ0) is 15.8. The molecule has 1 aliphatic rings. The molecule has 0 aliphatic heterocycles. The molecule has 1 fully saturated rings. The Labute approximate surface area is 131 Å². The molecule has 0 aromatic heterocycles. The van der Waals surface area contributed by atoms with E-state index in [1.165, 1.54) is 38.2 Å². The van der Waals surface area contributed by atoms with Gasteiger partial charge in [0.25, 0.3) is 0 Å². The number of rotatable bonds is 5. The van der Waals surface area contributed by atoms with E-state index in [0.717, 1.165) is 5.56 Å². The van der Waals surface area contributed by atoms with Gasteiger partial charge in [0.1, 0.15) is 17.7 Å². The monoisotopic (exact) mass is 296 g/mol. The van der Waals surface area contributed by atoms with Gasteiger partial charge < -0.3 is 9.47 Å². The lowest BCUT2D eigenvalue weighted by Crippen LogP contribution is -2.15. The number of nitrogens with zero attached hydrogens (tertiary/aromatic N) is 2. The molecule has 4 heteroatoms. The van der Waals surface area contributed by atoms with E-state index in [0.29, 0.717) is 24.0 Å². The van der Waals surface area contributed by atoms with Crippen molar-refractivity contribution in [3.8, 4) is 23.6 Å². The number of hydrogen-bond acceptors (Lipinski definition) is 4. The second kappa shape index (κ2) is 8.10. The number of methoxy groups -OCH3 is 1. The molecule has 2 rings (SSSR count). The molecule has 0 amide bonds. The average molecular weight is 296 g/mol. The lowest BCUT2D eigenvalue weighted by molar-refractivity contribution is 0.202. The molecule has 4 nitrogen and oxygen atoms in total. The van der Waals surface area contributed by atoms with Gasteiger partial charge in [-0.25, -0.2) is 0 Å². The Morgan fingerprint density at radius 2 is 1.91 bits per heavy atom. The maximum Gasteiger partial charge on any atom is 0.161 e. The predicted octanol–water partition coefficient (Wildman–Crippen LogP) is 4.08. The third kappa shape index (κ3) is 4.27. The third-order valence-electron chi connectivity index (χ3n) is 3.94. The van der Waals surface area contributed by atoms with Crippen LogP contribution in [0.3, 0.4) is 0 Å². The van der Waals surface area contributed by atoms with Gasteiger partial charge in [-0.05, 0) is 42.5 Å². The molecule has 22 heavy (non-hydrogen) atoms. The van der Waals surface area contributed by atoms with E-state index in [2.05, 4.69) is 0 Å². The topological polar surface area (TPSA) is 66.0 Å². The summed E-state index contributed by atoms with van der Waals surface area (Å²) in [5, 5.41) is 17.6. The molecule has 1 saturated carbocycles. The van der Waals surface area contributed by atoms with Crippen molar-refractivity contribution in [3.05, 3.63) is 29.3 Å². The molecule has 1 aromatic carbocycles. The fourth-order valence-corrected chi connectivity index (χ4v) is 2.71. The normalized spacial score (nSPS) is 14.5. The van der Waals surface area contributed by atoms with Gasteiger partial charge in [-0.2, -0.15) is 10.5 Å². The predicted molar refractivity (Wildman–Crippen MR) is 84.3 cm³/mol. The van der Waals surface area contributed by atoms with Gasteiger partial charge in [-0.15, -0.1) is 0 Å². The second-order valence-corrected chi connectivity index (χ2v) is 5.51. The van der Waals surface area contributed by atoms with Crippen molar-refractivity contribution in [2.75, 3.05) is 13.7 Å². The van der Waals surface area contributed by atoms with Crippen molar-refractivity contribution in [2.24, 2.45) is 5.92 Å². The Bertz CT molecular complexity index is 601. The quantitative estimate of drug-likeness (QED) is 0.768. The zero-order valence-electron chi connectivity index (χ0n) is 12.8. The summed E-state index contributed by atoms with van der Waals surface area (Å²) in [6.45, 7) is 0.715. The summed E-state index contributed by atoms with van der Waals surface area (Å²) < 4.78 is 11.3. The van der Waals surface area contributed by atoms with Crippen molar-refractivity contribution < 1.29 is 9.47 Å². The standard InChI is InChI=1S/C18H20N2O2/c1-21-18-10-15(9-16(11-19)12-20)7-8-17(18)22-13-14-5-3-2-4-6-14/h7-10,14H,2-6,13H2,1H3. The van der Waals surface area contributed by atoms with E-state index in [1.807, 2.05) is 24.3 Å². The van der Waals surface area contributed by atoms with Crippen LogP contribution < -0.4 is 9.47 Å². The van der Waals surface area contributed by atoms with Crippen LogP contribution in [0.15, 0.2) is 23.8 Å². The molecular weight excluding hydrogens is 276 g/mol. The molecule has 0 radical (unpaired) electrons. The highest BCUT2D eigenvalue weighted by Gasteiger charge is 2.15. The van der Waals surface area contributed by atoms with E-state index in [4.69, 9.17) is 20.0 Å². The van der Waals surface area contributed by atoms with E-state index in [9.17, 15) is 0 Å². The van der Waals surface area contributed by atoms with E-state index < -0.39 is 0 Å². The van der Waals surface area contributed by atoms with Gasteiger partial charge in [0.2, 0.25) is 0 Å². The molecule has 0 bridgehead atoms. The van der Waals surface area contributed by atoms with Crippen molar-refractivity contribution >= 4 is 6.08 Å². The van der Waals surface area contributed by atoms with Crippen LogP contribution in [0.1, 0.15) is 37.7 Å². The van der Waals surface area contributed by atoms with Crippen molar-refractivity contribution in [3.63, 3.8) is 0 Å². The minimum absolute atomic E-state index is 0.0675. The SMILES string of the molecule is COc1cc(C=C(C#N)C#N)ccc1OCC1CCCCC1. The summed E-state index contributed by atoms with van der Waals surface area (Å²) in [6.07, 6.45) is 7.92. The molecule has 0 N–H and O–H groups in total. The summed E-state index contributed by atoms with van der Waals surface area (Å²) in [5.41, 5.74) is 0.817. The average Bonchev–Trinajstić information content (AvgIpc) is 2.59. The van der Waals surface area contributed by atoms with Gasteiger partial charge >= 0.3 is 0 Å². The van der Waals surface area contributed by atoms with Crippen LogP contribution in [-0.4, -0.2) is 13.7 Å². The van der Waals surface area contributed by atoms with Gasteiger partial charge in [0.15, 0.2) is 11.5 Å². The Kier molecular flexibility index (Phi) is 5.86. The van der Waals surface area contributed by atoms with Crippen molar-refractivity contribution in [1.29, 1.82) is 10.5 Å². The van der Waals surface area contributed by atoms with Crippen molar-refractivity contribution in [2.45, 2.75) is 32.1 Å². The van der Waals surface area contributed by atoms with Crippen LogP contribution in [-0.2, 0) is 0 Å². The molecule has 1 aliphatic carbocycles. The minimum Gasteiger partial charge on any atom is -0.493 e. The first kappa shape index (κ1) is 15.9. The first-order valence-electron chi connectivity index (χ1n) is 7.59. The lowest BCUT2D eigenvalue weighted by Gasteiger charge is -2.22. The molecule has 0 heterocycles. The maximum absolute atomic E-state index is 8.80. The number of benzene rings is 1. The third-order valence-corrected chi connectivity index (χ3v) is 3.94. The van der Waals surface area contributed by atoms with Crippen LogP contribution in [0.2, 0.25) is 0 Å². The summed E-state index contributed by atoms with van der Waals surface area (Å²) in [4.78, 5) is 0. The van der Waals surface area contributed by atoms with Gasteiger partial charge in [0, 0.05) is 0 Å². The fraction of sp³-hybridized carbons (Fsp3) is 0.444. The second-order valence-electron chi connectivity index (χ2n) is 5.51. The fourth-order valence-electron chi connectivity index (χ4n) is 2.71. The van der Waals surface area contributed by atoms with Crippen LogP contribution in [0.4, 0.5) is 0 Å². The highest BCUT2D eigenvalue weighted by atomic mass is 16.5. The van der Waals surface area contributed by atoms with Gasteiger partial charge in [-0.3, -0.25) is 0 Å². The van der Waals surface area contributed by atoms with Gasteiger partial charge in [-0.1, -0.05) is 25.3 Å². The zero-order valence-corrected chi connectivity index (χ0v) is 12.8. The number of ether oxygens (including phenoxy) is 2. The Morgan fingerprint density at radius 3 is 2.55 bits per heavy atom.